The number of hydrogen-bond donors (Lipinski definition) is 1. The number of fused-ring (bicyclic) bond motifs is 1. The molecule has 31 heavy (non-hydrogen) atoms. The van der Waals surface area contributed by atoms with Gasteiger partial charge in [0.25, 0.3) is 0 Å². The topological polar surface area (TPSA) is 76.2 Å². The second-order valence-corrected chi connectivity index (χ2v) is 9.56. The molecule has 0 aromatic rings. The van der Waals surface area contributed by atoms with Gasteiger partial charge in [-0.1, -0.05) is 6.42 Å². The zero-order valence-electron chi connectivity index (χ0n) is 19.5. The van der Waals surface area contributed by atoms with Crippen molar-refractivity contribution in [3.8, 4) is 0 Å². The molecule has 3 aliphatic heterocycles. The summed E-state index contributed by atoms with van der Waals surface area (Å²) in [4.78, 5) is 45.8. The monoisotopic (exact) mass is 435 g/mol. The van der Waals surface area contributed by atoms with Crippen molar-refractivity contribution in [3.63, 3.8) is 0 Å². The number of nitrogens with zero attached hydrogens (tertiary/aromatic N) is 4. The molecule has 3 heterocycles. The molecule has 1 unspecified atom stereocenters. The van der Waals surface area contributed by atoms with Crippen molar-refractivity contribution >= 4 is 17.8 Å². The van der Waals surface area contributed by atoms with Gasteiger partial charge in [-0.15, -0.1) is 0 Å². The molecule has 3 saturated heterocycles. The van der Waals surface area contributed by atoms with Gasteiger partial charge in [0.15, 0.2) is 0 Å². The van der Waals surface area contributed by atoms with Crippen molar-refractivity contribution in [1.29, 1.82) is 0 Å². The Balaban J connectivity index is 1.56. The van der Waals surface area contributed by atoms with E-state index in [-0.39, 0.29) is 23.8 Å². The zero-order chi connectivity index (χ0) is 22.2. The average Bonchev–Trinajstić information content (AvgIpc) is 2.79. The number of rotatable bonds is 1. The normalized spacial score (nSPS) is 25.5. The van der Waals surface area contributed by atoms with Crippen LogP contribution in [-0.4, -0.2) is 103 Å². The number of urea groups is 1. The van der Waals surface area contributed by atoms with E-state index in [0.717, 1.165) is 64.7 Å². The molecule has 3 aliphatic rings. The number of carbonyl (C=O) groups is 3. The predicted molar refractivity (Wildman–Crippen MR) is 121 cm³/mol. The van der Waals surface area contributed by atoms with Crippen LogP contribution in [0, 0.1) is 5.92 Å². The minimum Gasteiger partial charge on any atom is -0.356 e. The number of carbonyl (C=O) groups excluding carboxylic acids is 3. The molecular formula is C23H41N5O3. The lowest BCUT2D eigenvalue weighted by Crippen LogP contribution is -2.48. The molecule has 0 spiro atoms. The molecule has 3 fully saturated rings. The van der Waals surface area contributed by atoms with Crippen molar-refractivity contribution < 1.29 is 14.4 Å². The quantitative estimate of drug-likeness (QED) is 0.681. The molecule has 4 amide bonds. The summed E-state index contributed by atoms with van der Waals surface area (Å²) in [5.74, 6) is 0.443. The summed E-state index contributed by atoms with van der Waals surface area (Å²) in [6, 6.07) is 0.378. The summed E-state index contributed by atoms with van der Waals surface area (Å²) in [5.41, 5.74) is 0. The first kappa shape index (κ1) is 23.8. The Morgan fingerprint density at radius 2 is 1.52 bits per heavy atom. The van der Waals surface area contributed by atoms with E-state index in [1.165, 1.54) is 12.8 Å². The molecule has 0 radical (unpaired) electrons. The molecular weight excluding hydrogens is 394 g/mol. The maximum atomic E-state index is 13.3. The van der Waals surface area contributed by atoms with Gasteiger partial charge in [-0.2, -0.15) is 0 Å². The fraction of sp³-hybridized carbons (Fsp3) is 0.870. The third-order valence-corrected chi connectivity index (χ3v) is 7.03. The second-order valence-electron chi connectivity index (χ2n) is 9.56. The van der Waals surface area contributed by atoms with Crippen molar-refractivity contribution in [2.75, 3.05) is 59.9 Å². The highest BCUT2D eigenvalue weighted by atomic mass is 16.2. The van der Waals surface area contributed by atoms with Crippen LogP contribution in [0.4, 0.5) is 4.79 Å². The molecule has 176 valence electrons. The van der Waals surface area contributed by atoms with Crippen LogP contribution < -0.4 is 5.32 Å². The molecule has 0 aromatic heterocycles. The first-order chi connectivity index (χ1) is 15.0. The van der Waals surface area contributed by atoms with Crippen molar-refractivity contribution in [2.45, 2.75) is 63.8 Å². The number of piperidine rings is 2. The van der Waals surface area contributed by atoms with Gasteiger partial charge in [0.1, 0.15) is 0 Å². The van der Waals surface area contributed by atoms with Crippen molar-refractivity contribution in [3.05, 3.63) is 0 Å². The first-order valence-electron chi connectivity index (χ1n) is 12.2. The molecule has 1 atom stereocenters. The minimum atomic E-state index is 0.0179. The van der Waals surface area contributed by atoms with E-state index in [2.05, 4.69) is 15.1 Å². The summed E-state index contributed by atoms with van der Waals surface area (Å²) in [6.07, 6.45) is 8.38. The summed E-state index contributed by atoms with van der Waals surface area (Å²) in [7, 11) is 3.54. The lowest BCUT2D eigenvalue weighted by Gasteiger charge is -2.37. The van der Waals surface area contributed by atoms with Crippen LogP contribution in [-0.2, 0) is 9.59 Å². The van der Waals surface area contributed by atoms with Crippen LogP contribution in [0.5, 0.6) is 0 Å². The highest BCUT2D eigenvalue weighted by Crippen LogP contribution is 2.23. The Kier molecular flexibility index (Phi) is 8.99. The standard InChI is InChI=1S/C23H41N5O3/c1-25(2)23(31)28-16-9-19(10-17-28)22(30)27-13-6-4-11-24-21(29)18-20-8-3-5-12-26(20)14-7-15-27/h19-20H,3-18H2,1-2H3,(H,24,29). The van der Waals surface area contributed by atoms with Gasteiger partial charge < -0.3 is 20.0 Å². The molecule has 0 bridgehead atoms. The third kappa shape index (κ3) is 6.82. The fourth-order valence-corrected chi connectivity index (χ4v) is 5.18. The smallest absolute Gasteiger partial charge is 0.319 e. The predicted octanol–water partition coefficient (Wildman–Crippen LogP) is 1.75. The van der Waals surface area contributed by atoms with Gasteiger partial charge in [-0.25, -0.2) is 4.79 Å². The van der Waals surface area contributed by atoms with Gasteiger partial charge in [0.2, 0.25) is 11.8 Å². The van der Waals surface area contributed by atoms with Gasteiger partial charge in [0, 0.05) is 71.7 Å². The van der Waals surface area contributed by atoms with Gasteiger partial charge in [-0.3, -0.25) is 14.5 Å². The maximum absolute atomic E-state index is 13.3. The summed E-state index contributed by atoms with van der Waals surface area (Å²) in [6.45, 7) is 5.57. The Labute approximate surface area is 187 Å². The lowest BCUT2D eigenvalue weighted by atomic mass is 9.95. The fourth-order valence-electron chi connectivity index (χ4n) is 5.18. The SMILES string of the molecule is CN(C)C(=O)N1CCC(C(=O)N2CCCCNC(=O)CC3CCCCN3CCC2)CC1. The summed E-state index contributed by atoms with van der Waals surface area (Å²) in [5, 5.41) is 3.08. The highest BCUT2D eigenvalue weighted by molar-refractivity contribution is 5.80. The number of hydrogen-bond acceptors (Lipinski definition) is 4. The van der Waals surface area contributed by atoms with E-state index < -0.39 is 0 Å². The largest absolute Gasteiger partial charge is 0.356 e. The molecule has 0 aromatic carbocycles. The van der Waals surface area contributed by atoms with Crippen LogP contribution in [0.3, 0.4) is 0 Å². The van der Waals surface area contributed by atoms with E-state index >= 15 is 0 Å². The van der Waals surface area contributed by atoms with Crippen LogP contribution in [0.25, 0.3) is 0 Å². The molecule has 3 rings (SSSR count). The van der Waals surface area contributed by atoms with Gasteiger partial charge in [-0.05, 0) is 51.5 Å². The number of amides is 4. The van der Waals surface area contributed by atoms with Gasteiger partial charge >= 0.3 is 6.03 Å². The van der Waals surface area contributed by atoms with Crippen LogP contribution >= 0.6 is 0 Å². The van der Waals surface area contributed by atoms with Crippen molar-refractivity contribution in [1.82, 2.24) is 24.9 Å². The third-order valence-electron chi connectivity index (χ3n) is 7.03. The first-order valence-corrected chi connectivity index (χ1v) is 12.2. The Bertz CT molecular complexity index is 618. The van der Waals surface area contributed by atoms with Crippen molar-refractivity contribution in [2.24, 2.45) is 5.92 Å². The van der Waals surface area contributed by atoms with Crippen LogP contribution in [0.1, 0.15) is 57.8 Å². The van der Waals surface area contributed by atoms with E-state index in [1.807, 2.05) is 4.90 Å². The Morgan fingerprint density at radius 1 is 0.839 bits per heavy atom. The van der Waals surface area contributed by atoms with E-state index in [4.69, 9.17) is 0 Å². The van der Waals surface area contributed by atoms with Gasteiger partial charge in [0.05, 0.1) is 0 Å². The van der Waals surface area contributed by atoms with Crippen LogP contribution in [0.15, 0.2) is 0 Å². The zero-order valence-corrected chi connectivity index (χ0v) is 19.5. The summed E-state index contributed by atoms with van der Waals surface area (Å²) >= 11 is 0. The molecule has 8 heteroatoms. The molecule has 0 aliphatic carbocycles. The number of nitrogens with one attached hydrogen (secondary N) is 1. The Morgan fingerprint density at radius 3 is 2.26 bits per heavy atom. The molecule has 1 N–H and O–H groups in total. The lowest BCUT2D eigenvalue weighted by molar-refractivity contribution is -0.137. The van der Waals surface area contributed by atoms with E-state index in [9.17, 15) is 14.4 Å². The minimum absolute atomic E-state index is 0.0179. The van der Waals surface area contributed by atoms with E-state index in [1.54, 1.807) is 19.0 Å². The Hall–Kier alpha value is -1.83. The average molecular weight is 436 g/mol. The molecule has 0 saturated carbocycles. The van der Waals surface area contributed by atoms with Crippen LogP contribution in [0.2, 0.25) is 0 Å². The molecule has 8 nitrogen and oxygen atoms in total. The number of likely N-dealkylation sites (tertiary alicyclic amines) is 1. The van der Waals surface area contributed by atoms with E-state index in [0.29, 0.717) is 32.1 Å². The maximum Gasteiger partial charge on any atom is 0.319 e. The second kappa shape index (κ2) is 11.7. The summed E-state index contributed by atoms with van der Waals surface area (Å²) < 4.78 is 0. The highest BCUT2D eigenvalue weighted by Gasteiger charge is 2.31.